The third-order valence-corrected chi connectivity index (χ3v) is 3.85. The van der Waals surface area contributed by atoms with E-state index in [2.05, 4.69) is 0 Å². The summed E-state index contributed by atoms with van der Waals surface area (Å²) >= 11 is 0. The average molecular weight is 426 g/mol. The van der Waals surface area contributed by atoms with E-state index in [0.717, 1.165) is 18.2 Å². The van der Waals surface area contributed by atoms with Gasteiger partial charge in [-0.2, -0.15) is 44.8 Å². The van der Waals surface area contributed by atoms with Crippen molar-refractivity contribution >= 4 is 5.69 Å². The maximum Gasteiger partial charge on any atom is 0.417 e. The van der Waals surface area contributed by atoms with E-state index in [4.69, 9.17) is 5.26 Å². The van der Waals surface area contributed by atoms with E-state index in [1.807, 2.05) is 0 Å². The van der Waals surface area contributed by atoms with Crippen molar-refractivity contribution in [3.63, 3.8) is 0 Å². The van der Waals surface area contributed by atoms with Crippen molar-refractivity contribution in [3.8, 4) is 6.07 Å². The van der Waals surface area contributed by atoms with Crippen LogP contribution in [0.25, 0.3) is 0 Å². The van der Waals surface area contributed by atoms with Gasteiger partial charge < -0.3 is 4.90 Å². The lowest BCUT2D eigenvalue weighted by atomic mass is 10.0. The van der Waals surface area contributed by atoms with Gasteiger partial charge in [-0.25, -0.2) is 0 Å². The summed E-state index contributed by atoms with van der Waals surface area (Å²) in [5, 5.41) is 8.79. The predicted octanol–water partition coefficient (Wildman–Crippen LogP) is 6.16. The molecule has 0 aliphatic rings. The number of nitrogens with zero attached hydrogens (tertiary/aromatic N) is 2. The zero-order valence-electron chi connectivity index (χ0n) is 14.3. The highest BCUT2D eigenvalue weighted by atomic mass is 19.4. The fourth-order valence-electron chi connectivity index (χ4n) is 2.66. The molecule has 0 fully saturated rings. The topological polar surface area (TPSA) is 27.0 Å². The molecule has 156 valence electrons. The van der Waals surface area contributed by atoms with E-state index >= 15 is 0 Å². The van der Waals surface area contributed by atoms with E-state index in [-0.39, 0.29) is 0 Å². The number of nitriles is 1. The molecule has 0 amide bonds. The first-order valence-corrected chi connectivity index (χ1v) is 7.80. The molecule has 29 heavy (non-hydrogen) atoms. The van der Waals surface area contributed by atoms with Gasteiger partial charge in [0.05, 0.1) is 22.8 Å². The van der Waals surface area contributed by atoms with Crippen LogP contribution in [0.3, 0.4) is 0 Å². The summed E-state index contributed by atoms with van der Waals surface area (Å²) in [6.45, 7) is -2.74. The molecule has 0 aliphatic heterocycles. The Labute approximate surface area is 158 Å². The van der Waals surface area contributed by atoms with E-state index in [1.54, 1.807) is 0 Å². The lowest BCUT2D eigenvalue weighted by molar-refractivity contribution is -0.138. The minimum atomic E-state index is -5.03. The molecule has 0 unspecified atom stereocenters. The summed E-state index contributed by atoms with van der Waals surface area (Å²) in [7, 11) is 0. The molecular formula is C18H11F9N2. The average Bonchev–Trinajstić information content (AvgIpc) is 2.58. The Bertz CT molecular complexity index is 905. The Balaban J connectivity index is 2.56. The smallest absolute Gasteiger partial charge is 0.358 e. The van der Waals surface area contributed by atoms with Crippen molar-refractivity contribution in [3.05, 3.63) is 64.7 Å². The molecule has 0 radical (unpaired) electrons. The number of alkyl halides is 9. The zero-order valence-corrected chi connectivity index (χ0v) is 14.3. The van der Waals surface area contributed by atoms with Gasteiger partial charge >= 0.3 is 18.5 Å². The molecule has 2 rings (SSSR count). The van der Waals surface area contributed by atoms with E-state index < -0.39 is 59.6 Å². The van der Waals surface area contributed by atoms with Gasteiger partial charge in [-0.15, -0.1) is 0 Å². The minimum Gasteiger partial charge on any atom is -0.358 e. The van der Waals surface area contributed by atoms with Crippen LogP contribution in [0.1, 0.15) is 22.3 Å². The van der Waals surface area contributed by atoms with Gasteiger partial charge in [0.15, 0.2) is 0 Å². The lowest BCUT2D eigenvalue weighted by Crippen LogP contribution is -2.34. The molecular weight excluding hydrogens is 415 g/mol. The third-order valence-electron chi connectivity index (χ3n) is 3.85. The first-order valence-electron chi connectivity index (χ1n) is 7.80. The van der Waals surface area contributed by atoms with Crippen LogP contribution in [0.5, 0.6) is 0 Å². The first-order chi connectivity index (χ1) is 13.2. The van der Waals surface area contributed by atoms with Gasteiger partial charge in [0.25, 0.3) is 0 Å². The van der Waals surface area contributed by atoms with Gasteiger partial charge in [-0.3, -0.25) is 0 Å². The molecule has 0 saturated carbocycles. The second kappa shape index (κ2) is 7.85. The van der Waals surface area contributed by atoms with Crippen molar-refractivity contribution in [2.75, 3.05) is 11.4 Å². The minimum absolute atomic E-state index is 0.320. The van der Waals surface area contributed by atoms with E-state index in [0.29, 0.717) is 23.1 Å². The summed E-state index contributed by atoms with van der Waals surface area (Å²) < 4.78 is 118. The van der Waals surface area contributed by atoms with Crippen molar-refractivity contribution in [2.24, 2.45) is 0 Å². The highest BCUT2D eigenvalue weighted by Gasteiger charge is 2.37. The maximum atomic E-state index is 13.1. The Hall–Kier alpha value is -2.90. The number of hydrogen-bond donors (Lipinski definition) is 0. The van der Waals surface area contributed by atoms with Crippen molar-refractivity contribution < 1.29 is 39.5 Å². The van der Waals surface area contributed by atoms with Crippen molar-refractivity contribution in [2.45, 2.75) is 25.1 Å². The standard InChI is InChI=1S/C18H11F9N2/c19-16(20,21)10-29(9-12-3-1-2-4-14(12)17(22,23)24)13-6-5-11(8-28)15(7-13)18(25,26)27/h1-7H,9-10H2. The van der Waals surface area contributed by atoms with Crippen LogP contribution in [-0.2, 0) is 18.9 Å². The Morgan fingerprint density at radius 2 is 1.38 bits per heavy atom. The predicted molar refractivity (Wildman–Crippen MR) is 84.7 cm³/mol. The van der Waals surface area contributed by atoms with Crippen LogP contribution in [0.15, 0.2) is 42.5 Å². The Morgan fingerprint density at radius 1 is 0.793 bits per heavy atom. The molecule has 0 atom stereocenters. The fourth-order valence-corrected chi connectivity index (χ4v) is 2.66. The molecule has 2 aromatic carbocycles. The van der Waals surface area contributed by atoms with Crippen LogP contribution >= 0.6 is 0 Å². The maximum absolute atomic E-state index is 13.1. The number of halogens is 9. The van der Waals surface area contributed by atoms with E-state index in [9.17, 15) is 39.5 Å². The lowest BCUT2D eigenvalue weighted by Gasteiger charge is -2.28. The van der Waals surface area contributed by atoms with Crippen molar-refractivity contribution in [1.82, 2.24) is 0 Å². The van der Waals surface area contributed by atoms with Gasteiger partial charge in [-0.1, -0.05) is 18.2 Å². The summed E-state index contributed by atoms with van der Waals surface area (Å²) in [4.78, 5) is 0.348. The first kappa shape index (κ1) is 22.4. The molecule has 0 heterocycles. The summed E-state index contributed by atoms with van der Waals surface area (Å²) in [6, 6.07) is 6.95. The highest BCUT2D eigenvalue weighted by Crippen LogP contribution is 2.37. The SMILES string of the molecule is N#Cc1ccc(N(Cc2ccccc2C(F)(F)F)CC(F)(F)F)cc1C(F)(F)F. The molecule has 11 heteroatoms. The number of benzene rings is 2. The molecule has 0 spiro atoms. The normalized spacial score (nSPS) is 12.6. The summed E-state index contributed by atoms with van der Waals surface area (Å²) in [5.41, 5.74) is -4.65. The largest absolute Gasteiger partial charge is 0.417 e. The molecule has 0 saturated heterocycles. The van der Waals surface area contributed by atoms with Gasteiger partial charge in [0.2, 0.25) is 0 Å². The monoisotopic (exact) mass is 426 g/mol. The number of rotatable bonds is 4. The summed E-state index contributed by atoms with van der Waals surface area (Å²) in [5.74, 6) is 0. The van der Waals surface area contributed by atoms with Crippen molar-refractivity contribution in [1.29, 1.82) is 5.26 Å². The third kappa shape index (κ3) is 5.79. The number of hydrogen-bond acceptors (Lipinski definition) is 2. The van der Waals surface area contributed by atoms with Gasteiger partial charge in [0.1, 0.15) is 6.54 Å². The van der Waals surface area contributed by atoms with Gasteiger partial charge in [-0.05, 0) is 29.8 Å². The zero-order chi connectivity index (χ0) is 22.0. The molecule has 0 bridgehead atoms. The molecule has 0 aliphatic carbocycles. The second-order valence-electron chi connectivity index (χ2n) is 5.97. The van der Waals surface area contributed by atoms with Crippen LogP contribution in [0.4, 0.5) is 45.2 Å². The molecule has 2 aromatic rings. The Morgan fingerprint density at radius 3 is 1.90 bits per heavy atom. The second-order valence-corrected chi connectivity index (χ2v) is 5.97. The molecule has 0 N–H and O–H groups in total. The van der Waals surface area contributed by atoms with Gasteiger partial charge in [0, 0.05) is 12.2 Å². The van der Waals surface area contributed by atoms with Crippen LogP contribution < -0.4 is 4.90 Å². The van der Waals surface area contributed by atoms with Crippen LogP contribution in [-0.4, -0.2) is 12.7 Å². The van der Waals surface area contributed by atoms with Crippen LogP contribution in [0.2, 0.25) is 0 Å². The molecule has 2 nitrogen and oxygen atoms in total. The van der Waals surface area contributed by atoms with Crippen LogP contribution in [0, 0.1) is 11.3 Å². The summed E-state index contributed by atoms with van der Waals surface area (Å²) in [6.07, 6.45) is -14.8. The molecule has 0 aromatic heterocycles. The number of anilines is 1. The fraction of sp³-hybridized carbons (Fsp3) is 0.278. The van der Waals surface area contributed by atoms with E-state index in [1.165, 1.54) is 12.1 Å². The highest BCUT2D eigenvalue weighted by molar-refractivity contribution is 5.55. The quantitative estimate of drug-likeness (QED) is 0.548. The Kier molecular flexibility index (Phi) is 6.06.